The van der Waals surface area contributed by atoms with Gasteiger partial charge in [0.2, 0.25) is 0 Å². The highest BCUT2D eigenvalue weighted by Gasteiger charge is 2.07. The van der Waals surface area contributed by atoms with Gasteiger partial charge in [0.15, 0.2) is 5.75 Å². The molecule has 0 saturated carbocycles. The Morgan fingerprint density at radius 2 is 2.31 bits per heavy atom. The number of hydrogen-bond donors (Lipinski definition) is 1. The van der Waals surface area contributed by atoms with Gasteiger partial charge in [0.1, 0.15) is 5.75 Å². The molecule has 4 nitrogen and oxygen atoms in total. The van der Waals surface area contributed by atoms with E-state index in [9.17, 15) is 0 Å². The highest BCUT2D eigenvalue weighted by atomic mass is 79.9. The molecule has 2 aromatic rings. The van der Waals surface area contributed by atoms with Crippen LogP contribution in [0.15, 0.2) is 35.1 Å². The third-order valence-corrected chi connectivity index (χ3v) is 2.93. The van der Waals surface area contributed by atoms with Gasteiger partial charge in [0.25, 0.3) is 0 Å². The second kappa shape index (κ2) is 4.67. The van der Waals surface area contributed by atoms with Crippen molar-refractivity contribution in [1.82, 2.24) is 9.78 Å². The summed E-state index contributed by atoms with van der Waals surface area (Å²) >= 11 is 3.45. The molecule has 2 N–H and O–H groups in total. The van der Waals surface area contributed by atoms with E-state index < -0.39 is 0 Å². The van der Waals surface area contributed by atoms with Crippen LogP contribution >= 0.6 is 15.9 Å². The highest BCUT2D eigenvalue weighted by molar-refractivity contribution is 9.10. The maximum atomic E-state index is 5.71. The predicted octanol–water partition coefficient (Wildman–Crippen LogP) is 2.43. The molecular formula is C11H12BrN3O. The maximum Gasteiger partial charge on any atom is 0.165 e. The van der Waals surface area contributed by atoms with Gasteiger partial charge < -0.3 is 10.5 Å². The zero-order chi connectivity index (χ0) is 11.5. The molecule has 0 aliphatic carbocycles. The molecule has 1 aromatic carbocycles. The summed E-state index contributed by atoms with van der Waals surface area (Å²) in [4.78, 5) is 0. The molecular weight excluding hydrogens is 270 g/mol. The Hall–Kier alpha value is -1.33. The number of hydrogen-bond acceptors (Lipinski definition) is 3. The number of aryl methyl sites for hydroxylation is 1. The summed E-state index contributed by atoms with van der Waals surface area (Å²) in [5, 5.41) is 4.04. The fourth-order valence-corrected chi connectivity index (χ4v) is 1.92. The number of benzene rings is 1. The minimum absolute atomic E-state index is 0.428. The second-order valence-corrected chi connectivity index (χ2v) is 4.23. The quantitative estimate of drug-likeness (QED) is 0.940. The minimum Gasteiger partial charge on any atom is -0.454 e. The normalized spacial score (nSPS) is 10.4. The molecule has 0 bridgehead atoms. The summed E-state index contributed by atoms with van der Waals surface area (Å²) in [6.45, 7) is 0.428. The molecule has 0 amide bonds. The summed E-state index contributed by atoms with van der Waals surface area (Å²) in [6, 6.07) is 5.74. The van der Waals surface area contributed by atoms with Crippen molar-refractivity contribution in [1.29, 1.82) is 0 Å². The molecule has 84 valence electrons. The lowest BCUT2D eigenvalue weighted by Crippen LogP contribution is -2.00. The average Bonchev–Trinajstić information content (AvgIpc) is 2.64. The van der Waals surface area contributed by atoms with Gasteiger partial charge >= 0.3 is 0 Å². The van der Waals surface area contributed by atoms with Gasteiger partial charge in [-0.05, 0) is 12.1 Å². The molecule has 1 heterocycles. The lowest BCUT2D eigenvalue weighted by molar-refractivity contribution is 0.475. The largest absolute Gasteiger partial charge is 0.454 e. The number of nitrogens with zero attached hydrogens (tertiary/aromatic N) is 2. The minimum atomic E-state index is 0.428. The summed E-state index contributed by atoms with van der Waals surface area (Å²) in [5.74, 6) is 1.46. The lowest BCUT2D eigenvalue weighted by atomic mass is 10.2. The molecule has 16 heavy (non-hydrogen) atoms. The molecule has 1 aromatic heterocycles. The van der Waals surface area contributed by atoms with Crippen LogP contribution in [0, 0.1) is 0 Å². The van der Waals surface area contributed by atoms with Crippen LogP contribution in [0.5, 0.6) is 11.5 Å². The van der Waals surface area contributed by atoms with Gasteiger partial charge in [-0.15, -0.1) is 0 Å². The topological polar surface area (TPSA) is 53.1 Å². The SMILES string of the molecule is Cn1cc(Oc2cccc(Br)c2CN)cn1. The third kappa shape index (κ3) is 2.25. The molecule has 0 radical (unpaired) electrons. The average molecular weight is 282 g/mol. The number of rotatable bonds is 3. The molecule has 2 rings (SSSR count). The van der Waals surface area contributed by atoms with Crippen LogP contribution in [-0.4, -0.2) is 9.78 Å². The fourth-order valence-electron chi connectivity index (χ4n) is 1.41. The first-order valence-electron chi connectivity index (χ1n) is 4.84. The number of aromatic nitrogens is 2. The Balaban J connectivity index is 2.30. The molecule has 0 fully saturated rings. The number of ether oxygens (including phenoxy) is 1. The Morgan fingerprint density at radius 3 is 2.94 bits per heavy atom. The molecule has 0 aliphatic heterocycles. The van der Waals surface area contributed by atoms with Crippen LogP contribution in [0.2, 0.25) is 0 Å². The summed E-state index contributed by atoms with van der Waals surface area (Å²) in [5.41, 5.74) is 6.63. The summed E-state index contributed by atoms with van der Waals surface area (Å²) in [6.07, 6.45) is 3.47. The van der Waals surface area contributed by atoms with Gasteiger partial charge in [-0.3, -0.25) is 4.68 Å². The molecule has 0 spiro atoms. The van der Waals surface area contributed by atoms with Crippen LogP contribution in [0.1, 0.15) is 5.56 Å². The Labute approximate surface area is 102 Å². The van der Waals surface area contributed by atoms with E-state index in [2.05, 4.69) is 21.0 Å². The Kier molecular flexibility index (Phi) is 3.26. The van der Waals surface area contributed by atoms with Crippen molar-refractivity contribution in [3.05, 3.63) is 40.6 Å². The highest BCUT2D eigenvalue weighted by Crippen LogP contribution is 2.29. The van der Waals surface area contributed by atoms with Crippen LogP contribution in [0.4, 0.5) is 0 Å². The van der Waals surface area contributed by atoms with E-state index in [1.54, 1.807) is 17.1 Å². The van der Waals surface area contributed by atoms with E-state index in [0.29, 0.717) is 12.3 Å². The summed E-state index contributed by atoms with van der Waals surface area (Å²) in [7, 11) is 1.84. The van der Waals surface area contributed by atoms with Gasteiger partial charge in [-0.1, -0.05) is 22.0 Å². The van der Waals surface area contributed by atoms with E-state index in [1.165, 1.54) is 0 Å². The van der Waals surface area contributed by atoms with E-state index in [0.717, 1.165) is 15.8 Å². The van der Waals surface area contributed by atoms with Crippen LogP contribution in [-0.2, 0) is 13.6 Å². The maximum absolute atomic E-state index is 5.71. The van der Waals surface area contributed by atoms with Gasteiger partial charge in [-0.2, -0.15) is 5.10 Å². The van der Waals surface area contributed by atoms with E-state index in [-0.39, 0.29) is 0 Å². The monoisotopic (exact) mass is 281 g/mol. The van der Waals surface area contributed by atoms with Gasteiger partial charge in [-0.25, -0.2) is 0 Å². The molecule has 5 heteroatoms. The second-order valence-electron chi connectivity index (χ2n) is 3.37. The third-order valence-electron chi connectivity index (χ3n) is 2.19. The smallest absolute Gasteiger partial charge is 0.165 e. The molecule has 0 atom stereocenters. The number of nitrogens with two attached hydrogens (primary N) is 1. The van der Waals surface area contributed by atoms with Crippen molar-refractivity contribution in [3.63, 3.8) is 0 Å². The van der Waals surface area contributed by atoms with E-state index >= 15 is 0 Å². The van der Waals surface area contributed by atoms with Crippen molar-refractivity contribution in [3.8, 4) is 11.5 Å². The van der Waals surface area contributed by atoms with Crippen LogP contribution in [0.3, 0.4) is 0 Å². The molecule has 0 unspecified atom stereocenters. The lowest BCUT2D eigenvalue weighted by Gasteiger charge is -2.09. The van der Waals surface area contributed by atoms with Gasteiger partial charge in [0, 0.05) is 23.6 Å². The van der Waals surface area contributed by atoms with Crippen LogP contribution < -0.4 is 10.5 Å². The zero-order valence-electron chi connectivity index (χ0n) is 8.85. The van der Waals surface area contributed by atoms with E-state index in [4.69, 9.17) is 10.5 Å². The Bertz CT molecular complexity index is 496. The predicted molar refractivity (Wildman–Crippen MR) is 65.3 cm³/mol. The van der Waals surface area contributed by atoms with Gasteiger partial charge in [0.05, 0.1) is 12.4 Å². The molecule has 0 aliphatic rings. The first-order chi connectivity index (χ1) is 7.70. The zero-order valence-corrected chi connectivity index (χ0v) is 10.4. The Morgan fingerprint density at radius 1 is 1.50 bits per heavy atom. The molecule has 0 saturated heterocycles. The van der Waals surface area contributed by atoms with Crippen molar-refractivity contribution in [2.45, 2.75) is 6.54 Å². The van der Waals surface area contributed by atoms with Crippen molar-refractivity contribution in [2.75, 3.05) is 0 Å². The summed E-state index contributed by atoms with van der Waals surface area (Å²) < 4.78 is 8.35. The van der Waals surface area contributed by atoms with Crippen LogP contribution in [0.25, 0.3) is 0 Å². The van der Waals surface area contributed by atoms with Crippen molar-refractivity contribution < 1.29 is 4.74 Å². The first kappa shape index (κ1) is 11.2. The van der Waals surface area contributed by atoms with Crippen molar-refractivity contribution >= 4 is 15.9 Å². The van der Waals surface area contributed by atoms with Crippen molar-refractivity contribution in [2.24, 2.45) is 12.8 Å². The standard InChI is InChI=1S/C11H12BrN3O/c1-15-7-8(6-14-15)16-11-4-2-3-10(12)9(11)5-13/h2-4,6-7H,5,13H2,1H3. The number of halogens is 1. The van der Waals surface area contributed by atoms with E-state index in [1.807, 2.05) is 25.2 Å². The fraction of sp³-hybridized carbons (Fsp3) is 0.182. The first-order valence-corrected chi connectivity index (χ1v) is 5.64.